The van der Waals surface area contributed by atoms with Gasteiger partial charge in [0.15, 0.2) is 5.76 Å². The van der Waals surface area contributed by atoms with Gasteiger partial charge in [-0.05, 0) is 60.1 Å². The van der Waals surface area contributed by atoms with Crippen molar-refractivity contribution < 1.29 is 13.9 Å². The molecule has 1 saturated heterocycles. The molecule has 0 bridgehead atoms. The van der Waals surface area contributed by atoms with Crippen molar-refractivity contribution in [1.82, 2.24) is 4.90 Å². The molecule has 3 rings (SSSR count). The fourth-order valence-corrected chi connectivity index (χ4v) is 3.42. The molecule has 1 aromatic heterocycles. The number of morpholine rings is 1. The second kappa shape index (κ2) is 6.37. The molecular formula is C17H19BrN2O3. The predicted molar refractivity (Wildman–Crippen MR) is 92.2 cm³/mol. The zero-order valence-corrected chi connectivity index (χ0v) is 14.7. The summed E-state index contributed by atoms with van der Waals surface area (Å²) in [5, 5.41) is 0. The molecule has 2 atom stereocenters. The van der Waals surface area contributed by atoms with Gasteiger partial charge in [0.25, 0.3) is 5.91 Å². The highest BCUT2D eigenvalue weighted by molar-refractivity contribution is 9.10. The number of nitrogens with two attached hydrogens (primary N) is 1. The molecule has 2 aromatic rings. The van der Waals surface area contributed by atoms with Crippen LogP contribution < -0.4 is 5.73 Å². The number of ether oxygens (including phenoxy) is 1. The van der Waals surface area contributed by atoms with Crippen molar-refractivity contribution in [2.75, 3.05) is 18.8 Å². The Balaban J connectivity index is 1.82. The normalized spacial score (nSPS) is 21.4. The number of nitrogen functional groups attached to an aromatic ring is 1. The van der Waals surface area contributed by atoms with Crippen LogP contribution in [-0.2, 0) is 4.74 Å². The van der Waals surface area contributed by atoms with Crippen LogP contribution in [0.1, 0.15) is 24.4 Å². The number of hydrogen-bond donors (Lipinski definition) is 1. The molecular weight excluding hydrogens is 360 g/mol. The molecule has 0 unspecified atom stereocenters. The van der Waals surface area contributed by atoms with Crippen molar-refractivity contribution in [3.8, 4) is 11.3 Å². The third-order valence-corrected chi connectivity index (χ3v) is 4.44. The maximum Gasteiger partial charge on any atom is 0.289 e. The van der Waals surface area contributed by atoms with Crippen LogP contribution in [0.15, 0.2) is 39.2 Å². The average Bonchev–Trinajstić information content (AvgIpc) is 2.95. The van der Waals surface area contributed by atoms with E-state index in [2.05, 4.69) is 15.9 Å². The number of amides is 1. The number of furan rings is 1. The van der Waals surface area contributed by atoms with Gasteiger partial charge in [-0.2, -0.15) is 0 Å². The van der Waals surface area contributed by atoms with Gasteiger partial charge in [0.2, 0.25) is 0 Å². The molecule has 2 heterocycles. The molecule has 0 spiro atoms. The van der Waals surface area contributed by atoms with E-state index in [1.165, 1.54) is 0 Å². The van der Waals surface area contributed by atoms with E-state index in [9.17, 15) is 4.79 Å². The van der Waals surface area contributed by atoms with Crippen molar-refractivity contribution >= 4 is 27.5 Å². The van der Waals surface area contributed by atoms with Crippen LogP contribution in [0.25, 0.3) is 11.3 Å². The number of benzene rings is 1. The highest BCUT2D eigenvalue weighted by Gasteiger charge is 2.28. The summed E-state index contributed by atoms with van der Waals surface area (Å²) in [5.41, 5.74) is 7.28. The van der Waals surface area contributed by atoms with E-state index >= 15 is 0 Å². The zero-order valence-electron chi connectivity index (χ0n) is 13.1. The minimum Gasteiger partial charge on any atom is -0.451 e. The smallest absolute Gasteiger partial charge is 0.289 e. The first kappa shape index (κ1) is 16.1. The van der Waals surface area contributed by atoms with Crippen molar-refractivity contribution in [2.45, 2.75) is 26.1 Å². The molecule has 1 aliphatic rings. The molecule has 23 heavy (non-hydrogen) atoms. The molecule has 1 aromatic carbocycles. The van der Waals surface area contributed by atoms with E-state index in [1.54, 1.807) is 23.1 Å². The largest absolute Gasteiger partial charge is 0.451 e. The van der Waals surface area contributed by atoms with Crippen LogP contribution in [0.4, 0.5) is 5.69 Å². The van der Waals surface area contributed by atoms with Gasteiger partial charge < -0.3 is 19.8 Å². The van der Waals surface area contributed by atoms with Crippen molar-refractivity contribution in [1.29, 1.82) is 0 Å². The Morgan fingerprint density at radius 3 is 2.57 bits per heavy atom. The minimum atomic E-state index is -0.107. The van der Waals surface area contributed by atoms with Gasteiger partial charge in [0.1, 0.15) is 5.76 Å². The van der Waals surface area contributed by atoms with Gasteiger partial charge in [0.05, 0.1) is 12.2 Å². The van der Waals surface area contributed by atoms with Crippen molar-refractivity contribution in [3.05, 3.63) is 40.6 Å². The topological polar surface area (TPSA) is 68.7 Å². The summed E-state index contributed by atoms with van der Waals surface area (Å²) in [5.74, 6) is 0.865. The number of rotatable bonds is 2. The number of halogens is 1. The van der Waals surface area contributed by atoms with E-state index in [0.29, 0.717) is 30.3 Å². The monoisotopic (exact) mass is 378 g/mol. The molecule has 1 aliphatic heterocycles. The van der Waals surface area contributed by atoms with Crippen LogP contribution >= 0.6 is 15.9 Å². The maximum absolute atomic E-state index is 12.6. The third kappa shape index (κ3) is 3.43. The van der Waals surface area contributed by atoms with E-state index in [4.69, 9.17) is 14.9 Å². The summed E-state index contributed by atoms with van der Waals surface area (Å²) in [6.07, 6.45) is 0.0618. The zero-order chi connectivity index (χ0) is 16.6. The quantitative estimate of drug-likeness (QED) is 0.811. The molecule has 122 valence electrons. The summed E-state index contributed by atoms with van der Waals surface area (Å²) in [6, 6.07) is 8.99. The highest BCUT2D eigenvalue weighted by Crippen LogP contribution is 2.31. The predicted octanol–water partition coefficient (Wildman–Crippen LogP) is 3.54. The number of carbonyl (C=O) groups is 1. The summed E-state index contributed by atoms with van der Waals surface area (Å²) in [7, 11) is 0. The Morgan fingerprint density at radius 2 is 1.91 bits per heavy atom. The molecule has 2 N–H and O–H groups in total. The molecule has 0 aliphatic carbocycles. The van der Waals surface area contributed by atoms with Crippen LogP contribution in [-0.4, -0.2) is 36.1 Å². The fraction of sp³-hybridized carbons (Fsp3) is 0.353. The maximum atomic E-state index is 12.6. The van der Waals surface area contributed by atoms with Gasteiger partial charge in [0, 0.05) is 28.8 Å². The van der Waals surface area contributed by atoms with Crippen molar-refractivity contribution in [2.24, 2.45) is 0 Å². The van der Waals surface area contributed by atoms with Gasteiger partial charge >= 0.3 is 0 Å². The van der Waals surface area contributed by atoms with Crippen LogP contribution in [0, 0.1) is 0 Å². The average molecular weight is 379 g/mol. The first-order valence-corrected chi connectivity index (χ1v) is 8.33. The van der Waals surface area contributed by atoms with Crippen LogP contribution in [0.3, 0.4) is 0 Å². The second-order valence-corrected chi connectivity index (χ2v) is 6.72. The highest BCUT2D eigenvalue weighted by atomic mass is 79.9. The van der Waals surface area contributed by atoms with Gasteiger partial charge in [-0.25, -0.2) is 0 Å². The minimum absolute atomic E-state index is 0.0309. The molecule has 0 saturated carbocycles. The lowest BCUT2D eigenvalue weighted by molar-refractivity contribution is -0.0592. The molecule has 1 amide bonds. The number of hydrogen-bond acceptors (Lipinski definition) is 4. The molecule has 0 radical (unpaired) electrons. The van der Waals surface area contributed by atoms with Crippen molar-refractivity contribution in [3.63, 3.8) is 0 Å². The van der Waals surface area contributed by atoms with Gasteiger partial charge in [-0.3, -0.25) is 4.79 Å². The number of anilines is 1. The Hall–Kier alpha value is -1.79. The number of carbonyl (C=O) groups excluding carboxylic acids is 1. The first-order valence-electron chi connectivity index (χ1n) is 7.54. The summed E-state index contributed by atoms with van der Waals surface area (Å²) >= 11 is 3.47. The van der Waals surface area contributed by atoms with E-state index < -0.39 is 0 Å². The van der Waals surface area contributed by atoms with E-state index in [1.807, 2.05) is 26.0 Å². The van der Waals surface area contributed by atoms with E-state index in [-0.39, 0.29) is 18.1 Å². The number of nitrogens with zero attached hydrogens (tertiary/aromatic N) is 1. The van der Waals surface area contributed by atoms with Gasteiger partial charge in [-0.15, -0.1) is 0 Å². The Bertz CT molecular complexity index is 718. The van der Waals surface area contributed by atoms with Crippen LogP contribution in [0.5, 0.6) is 0 Å². The summed E-state index contributed by atoms with van der Waals surface area (Å²) in [4.78, 5) is 14.4. The van der Waals surface area contributed by atoms with Crippen LogP contribution in [0.2, 0.25) is 0 Å². The Morgan fingerprint density at radius 1 is 1.22 bits per heavy atom. The summed E-state index contributed by atoms with van der Waals surface area (Å²) < 4.78 is 12.3. The summed E-state index contributed by atoms with van der Waals surface area (Å²) in [6.45, 7) is 5.08. The third-order valence-electron chi connectivity index (χ3n) is 3.78. The standard InChI is InChI=1S/C17H19BrN2O3/c1-10-8-20(9-11(2)22-10)17(21)16-6-5-15(23-16)13-4-3-12(19)7-14(13)18/h3-7,10-11H,8-9,19H2,1-2H3/t10-,11-/m0/s1. The molecule has 6 heteroatoms. The molecule has 5 nitrogen and oxygen atoms in total. The Labute approximate surface area is 143 Å². The second-order valence-electron chi connectivity index (χ2n) is 5.87. The fourth-order valence-electron chi connectivity index (χ4n) is 2.83. The van der Waals surface area contributed by atoms with E-state index in [0.717, 1.165) is 10.0 Å². The lowest BCUT2D eigenvalue weighted by Gasteiger charge is -2.34. The Kier molecular flexibility index (Phi) is 4.46. The van der Waals surface area contributed by atoms with Gasteiger partial charge in [-0.1, -0.05) is 0 Å². The lowest BCUT2D eigenvalue weighted by atomic mass is 10.1. The molecule has 1 fully saturated rings. The lowest BCUT2D eigenvalue weighted by Crippen LogP contribution is -2.48. The SMILES string of the molecule is C[C@H]1CN(C(=O)c2ccc(-c3ccc(N)cc3Br)o2)C[C@H](C)O1. The first-order chi connectivity index (χ1) is 10.9.